The van der Waals surface area contributed by atoms with Crippen LogP contribution in [0.1, 0.15) is 35.9 Å². The van der Waals surface area contributed by atoms with E-state index in [0.29, 0.717) is 17.8 Å². The summed E-state index contributed by atoms with van der Waals surface area (Å²) in [6.07, 6.45) is 3.04. The van der Waals surface area contributed by atoms with Crippen molar-refractivity contribution in [2.75, 3.05) is 20.6 Å². The Morgan fingerprint density at radius 1 is 1.42 bits per heavy atom. The summed E-state index contributed by atoms with van der Waals surface area (Å²) >= 11 is 0. The van der Waals surface area contributed by atoms with E-state index in [1.54, 1.807) is 21.0 Å². The second-order valence-corrected chi connectivity index (χ2v) is 7.38. The molecule has 0 saturated heterocycles. The molecule has 0 saturated carbocycles. The normalized spacial score (nSPS) is 11.7. The molecule has 1 amide bonds. The Labute approximate surface area is 141 Å². The Morgan fingerprint density at radius 3 is 2.75 bits per heavy atom. The Morgan fingerprint density at radius 2 is 2.12 bits per heavy atom. The summed E-state index contributed by atoms with van der Waals surface area (Å²) in [5.41, 5.74) is 0.670. The lowest BCUT2D eigenvalue weighted by molar-refractivity contribution is 0.0828. The van der Waals surface area contributed by atoms with E-state index in [1.807, 2.05) is 6.92 Å². The van der Waals surface area contributed by atoms with Gasteiger partial charge in [-0.15, -0.1) is 0 Å². The zero-order valence-corrected chi connectivity index (χ0v) is 15.0. The van der Waals surface area contributed by atoms with Gasteiger partial charge < -0.3 is 9.32 Å². The Balaban J connectivity index is 2.37. The molecule has 0 unspecified atom stereocenters. The second-order valence-electron chi connectivity index (χ2n) is 5.64. The van der Waals surface area contributed by atoms with Crippen LogP contribution < -0.4 is 4.72 Å². The summed E-state index contributed by atoms with van der Waals surface area (Å²) in [6.45, 7) is 3.92. The number of amides is 1. The van der Waals surface area contributed by atoms with Gasteiger partial charge in [-0.1, -0.05) is 13.3 Å². The molecule has 2 rings (SSSR count). The van der Waals surface area contributed by atoms with Gasteiger partial charge in [0.2, 0.25) is 10.0 Å². The summed E-state index contributed by atoms with van der Waals surface area (Å²) < 4.78 is 32.8. The second kappa shape index (κ2) is 7.18. The number of aromatic amines is 1. The monoisotopic (exact) mass is 354 g/mol. The highest BCUT2D eigenvalue weighted by molar-refractivity contribution is 7.89. The topological polar surface area (TPSA) is 108 Å². The number of hydrogen-bond acceptors (Lipinski definition) is 5. The van der Waals surface area contributed by atoms with Gasteiger partial charge in [0.25, 0.3) is 5.91 Å². The number of rotatable bonds is 7. The molecular formula is C15H22N4O4S. The van der Waals surface area contributed by atoms with Gasteiger partial charge in [-0.3, -0.25) is 9.89 Å². The summed E-state index contributed by atoms with van der Waals surface area (Å²) in [7, 11) is -0.406. The number of unbranched alkanes of at least 4 members (excludes halogenated alkanes) is 1. The molecule has 0 aliphatic heterocycles. The van der Waals surface area contributed by atoms with Crippen molar-refractivity contribution < 1.29 is 17.6 Å². The van der Waals surface area contributed by atoms with Gasteiger partial charge >= 0.3 is 0 Å². The van der Waals surface area contributed by atoms with Crippen molar-refractivity contribution in [1.82, 2.24) is 19.8 Å². The number of nitrogens with one attached hydrogen (secondary N) is 2. The van der Waals surface area contributed by atoms with Crippen molar-refractivity contribution >= 4 is 15.9 Å². The molecule has 9 heteroatoms. The summed E-state index contributed by atoms with van der Waals surface area (Å²) in [5, 5.41) is 6.56. The molecular weight excluding hydrogens is 332 g/mol. The fourth-order valence-corrected chi connectivity index (χ4v) is 3.44. The molecule has 2 N–H and O–H groups in total. The van der Waals surface area contributed by atoms with Crippen LogP contribution >= 0.6 is 0 Å². The van der Waals surface area contributed by atoms with Crippen LogP contribution in [0.4, 0.5) is 0 Å². The van der Waals surface area contributed by atoms with Crippen LogP contribution in [0.5, 0.6) is 0 Å². The molecule has 2 heterocycles. The third-order valence-corrected chi connectivity index (χ3v) is 5.07. The largest absolute Gasteiger partial charge is 0.458 e. The van der Waals surface area contributed by atoms with Gasteiger partial charge in [0.1, 0.15) is 16.3 Å². The number of carbonyl (C=O) groups is 1. The fourth-order valence-electron chi connectivity index (χ4n) is 2.19. The minimum atomic E-state index is -3.66. The number of carbonyl (C=O) groups excluding carboxylic acids is 1. The van der Waals surface area contributed by atoms with Gasteiger partial charge in [0, 0.05) is 26.7 Å². The molecule has 0 fully saturated rings. The van der Waals surface area contributed by atoms with Crippen LogP contribution in [0.15, 0.2) is 21.6 Å². The van der Waals surface area contributed by atoms with Gasteiger partial charge in [0.05, 0.1) is 11.8 Å². The van der Waals surface area contributed by atoms with Crippen LogP contribution in [0, 0.1) is 6.92 Å². The zero-order valence-electron chi connectivity index (χ0n) is 14.2. The van der Waals surface area contributed by atoms with Crippen LogP contribution in [-0.4, -0.2) is 50.1 Å². The first-order valence-corrected chi connectivity index (χ1v) is 9.11. The van der Waals surface area contributed by atoms with Crippen molar-refractivity contribution in [1.29, 1.82) is 0 Å². The molecule has 0 aliphatic rings. The molecule has 0 aliphatic carbocycles. The van der Waals surface area contributed by atoms with Gasteiger partial charge in [-0.25, -0.2) is 13.1 Å². The lowest BCUT2D eigenvalue weighted by atomic mass is 10.2. The average Bonchev–Trinajstić information content (AvgIpc) is 3.12. The molecule has 2 aromatic heterocycles. The zero-order chi connectivity index (χ0) is 17.9. The van der Waals surface area contributed by atoms with E-state index in [1.165, 1.54) is 17.2 Å². The van der Waals surface area contributed by atoms with E-state index < -0.39 is 10.0 Å². The maximum atomic E-state index is 12.4. The van der Waals surface area contributed by atoms with Crippen LogP contribution in [0.2, 0.25) is 0 Å². The predicted octanol–water partition coefficient (Wildman–Crippen LogP) is 1.76. The average molecular weight is 354 g/mol. The predicted molar refractivity (Wildman–Crippen MR) is 89.1 cm³/mol. The van der Waals surface area contributed by atoms with Crippen LogP contribution in [0.3, 0.4) is 0 Å². The smallest absolute Gasteiger partial charge is 0.257 e. The minimum absolute atomic E-state index is 0.0615. The van der Waals surface area contributed by atoms with Crippen molar-refractivity contribution in [3.8, 4) is 11.5 Å². The van der Waals surface area contributed by atoms with E-state index in [0.717, 1.165) is 12.8 Å². The highest BCUT2D eigenvalue weighted by Gasteiger charge is 2.25. The lowest BCUT2D eigenvalue weighted by Crippen LogP contribution is -2.24. The summed E-state index contributed by atoms with van der Waals surface area (Å²) in [5.74, 6) is 0.260. The third-order valence-electron chi connectivity index (χ3n) is 3.51. The Bertz CT molecular complexity index is 820. The first kappa shape index (κ1) is 18.2. The van der Waals surface area contributed by atoms with Crippen molar-refractivity contribution in [3.63, 3.8) is 0 Å². The molecule has 8 nitrogen and oxygen atoms in total. The molecule has 0 atom stereocenters. The lowest BCUT2D eigenvalue weighted by Gasteiger charge is -2.08. The third kappa shape index (κ3) is 3.68. The maximum Gasteiger partial charge on any atom is 0.257 e. The maximum absolute atomic E-state index is 12.4. The number of hydrogen-bond donors (Lipinski definition) is 2. The summed E-state index contributed by atoms with van der Waals surface area (Å²) in [4.78, 5) is 13.6. The van der Waals surface area contributed by atoms with Crippen molar-refractivity contribution in [2.24, 2.45) is 0 Å². The quantitative estimate of drug-likeness (QED) is 0.737. The van der Waals surface area contributed by atoms with E-state index in [-0.39, 0.29) is 22.3 Å². The Kier molecular flexibility index (Phi) is 5.45. The standard InChI is InChI=1S/C15H22N4O4S/c1-5-6-7-17-24(21,22)13-8-12(23-10(13)2)14-11(9-16-18-14)15(20)19(3)4/h8-9,17H,5-7H2,1-4H3,(H,16,18). The SMILES string of the molecule is CCCCNS(=O)(=O)c1cc(-c2[nH]ncc2C(=O)N(C)C)oc1C. The molecule has 0 aromatic carbocycles. The molecule has 0 spiro atoms. The molecule has 24 heavy (non-hydrogen) atoms. The minimum Gasteiger partial charge on any atom is -0.458 e. The first-order valence-electron chi connectivity index (χ1n) is 7.63. The van der Waals surface area contributed by atoms with Crippen LogP contribution in [-0.2, 0) is 10.0 Å². The number of sulfonamides is 1. The first-order chi connectivity index (χ1) is 11.3. The number of aryl methyl sites for hydroxylation is 1. The molecule has 132 valence electrons. The van der Waals surface area contributed by atoms with E-state index in [2.05, 4.69) is 14.9 Å². The van der Waals surface area contributed by atoms with E-state index >= 15 is 0 Å². The Hall–Kier alpha value is -2.13. The number of aromatic nitrogens is 2. The molecule has 2 aromatic rings. The highest BCUT2D eigenvalue weighted by Crippen LogP contribution is 2.29. The fraction of sp³-hybridized carbons (Fsp3) is 0.467. The van der Waals surface area contributed by atoms with Crippen LogP contribution in [0.25, 0.3) is 11.5 Å². The highest BCUT2D eigenvalue weighted by atomic mass is 32.2. The van der Waals surface area contributed by atoms with Gasteiger partial charge in [-0.2, -0.15) is 5.10 Å². The van der Waals surface area contributed by atoms with Crippen molar-refractivity contribution in [3.05, 3.63) is 23.6 Å². The van der Waals surface area contributed by atoms with Gasteiger partial charge in [-0.05, 0) is 13.3 Å². The summed E-state index contributed by atoms with van der Waals surface area (Å²) in [6, 6.07) is 1.41. The number of furan rings is 1. The molecule has 0 radical (unpaired) electrons. The van der Waals surface area contributed by atoms with Gasteiger partial charge in [0.15, 0.2) is 5.76 Å². The molecule has 0 bridgehead atoms. The van der Waals surface area contributed by atoms with E-state index in [4.69, 9.17) is 4.42 Å². The number of nitrogens with zero attached hydrogens (tertiary/aromatic N) is 2. The van der Waals surface area contributed by atoms with Crippen molar-refractivity contribution in [2.45, 2.75) is 31.6 Å². The number of H-pyrrole nitrogens is 1. The van der Waals surface area contributed by atoms with E-state index in [9.17, 15) is 13.2 Å².